The highest BCUT2D eigenvalue weighted by Gasteiger charge is 2.24. The molecule has 112 valence electrons. The number of urea groups is 1. The summed E-state index contributed by atoms with van der Waals surface area (Å²) in [6, 6.07) is -0.293. The summed E-state index contributed by atoms with van der Waals surface area (Å²) in [5, 5.41) is 16.5. The first-order valence-corrected chi connectivity index (χ1v) is 8.16. The molecule has 5 nitrogen and oxygen atoms in total. The van der Waals surface area contributed by atoms with Gasteiger partial charge in [-0.05, 0) is 19.3 Å². The zero-order valence-corrected chi connectivity index (χ0v) is 12.7. The Morgan fingerprint density at radius 3 is 3.00 bits per heavy atom. The zero-order chi connectivity index (χ0) is 14.4. The minimum absolute atomic E-state index is 0.102. The number of carbonyl (C=O) groups is 1. The molecule has 1 fully saturated rings. The summed E-state index contributed by atoms with van der Waals surface area (Å²) in [6.07, 6.45) is 7.02. The van der Waals surface area contributed by atoms with Gasteiger partial charge >= 0.3 is 6.03 Å². The van der Waals surface area contributed by atoms with Crippen LogP contribution in [-0.4, -0.2) is 34.8 Å². The Morgan fingerprint density at radius 2 is 2.30 bits per heavy atom. The fraction of sp³-hybridized carbons (Fsp3) is 0.714. The molecule has 1 aromatic heterocycles. The molecule has 1 aliphatic carbocycles. The quantitative estimate of drug-likeness (QED) is 0.776. The minimum atomic E-state index is -0.402. The number of carbonyl (C=O) groups excluding carboxylic acids is 1. The maximum absolute atomic E-state index is 11.8. The second kappa shape index (κ2) is 7.59. The highest BCUT2D eigenvalue weighted by molar-refractivity contribution is 7.11. The number of amides is 2. The lowest BCUT2D eigenvalue weighted by molar-refractivity contribution is 0.0943. The maximum atomic E-state index is 11.8. The van der Waals surface area contributed by atoms with Crippen LogP contribution < -0.4 is 10.6 Å². The molecule has 6 heteroatoms. The summed E-state index contributed by atoms with van der Waals surface area (Å²) in [7, 11) is 0. The number of thiazole rings is 1. The van der Waals surface area contributed by atoms with Gasteiger partial charge in [0.15, 0.2) is 0 Å². The van der Waals surface area contributed by atoms with E-state index in [9.17, 15) is 9.90 Å². The second-order valence-corrected chi connectivity index (χ2v) is 6.38. The first kappa shape index (κ1) is 15.3. The van der Waals surface area contributed by atoms with Crippen molar-refractivity contribution in [2.75, 3.05) is 6.54 Å². The zero-order valence-electron chi connectivity index (χ0n) is 11.9. The molecule has 1 aliphatic rings. The van der Waals surface area contributed by atoms with E-state index >= 15 is 0 Å². The van der Waals surface area contributed by atoms with Crippen LogP contribution in [0, 0.1) is 0 Å². The largest absolute Gasteiger partial charge is 0.391 e. The normalized spacial score (nSPS) is 22.5. The van der Waals surface area contributed by atoms with Crippen LogP contribution in [0.5, 0.6) is 0 Å². The van der Waals surface area contributed by atoms with Gasteiger partial charge in [0, 0.05) is 24.0 Å². The van der Waals surface area contributed by atoms with Crippen molar-refractivity contribution < 1.29 is 9.90 Å². The molecule has 1 saturated carbocycles. The monoisotopic (exact) mass is 297 g/mol. The van der Waals surface area contributed by atoms with Crippen molar-refractivity contribution in [1.29, 1.82) is 0 Å². The van der Waals surface area contributed by atoms with Crippen molar-refractivity contribution >= 4 is 17.4 Å². The number of nitrogens with zero attached hydrogens (tertiary/aromatic N) is 1. The standard InChI is InChI=1S/C14H23N3O2S/c1-2-10-9-16-13(20-10)7-8-15-14(19)17-11-5-3-4-6-12(11)18/h9,11-12,18H,2-8H2,1H3,(H2,15,17,19)/t11-,12-/m1/s1. The molecule has 2 rings (SSSR count). The molecule has 2 amide bonds. The van der Waals surface area contributed by atoms with Crippen LogP contribution in [0.3, 0.4) is 0 Å². The number of rotatable bonds is 5. The van der Waals surface area contributed by atoms with Gasteiger partial charge in [0.1, 0.15) is 0 Å². The van der Waals surface area contributed by atoms with E-state index in [-0.39, 0.29) is 12.1 Å². The van der Waals surface area contributed by atoms with Gasteiger partial charge in [0.05, 0.1) is 17.2 Å². The number of hydrogen-bond donors (Lipinski definition) is 3. The predicted octanol–water partition coefficient (Wildman–Crippen LogP) is 1.85. The van der Waals surface area contributed by atoms with Gasteiger partial charge in [-0.25, -0.2) is 9.78 Å². The average Bonchev–Trinajstić information content (AvgIpc) is 2.89. The number of aromatic nitrogens is 1. The van der Waals surface area contributed by atoms with Crippen LogP contribution in [0.2, 0.25) is 0 Å². The fourth-order valence-electron chi connectivity index (χ4n) is 2.41. The molecule has 0 aliphatic heterocycles. The van der Waals surface area contributed by atoms with E-state index in [0.717, 1.165) is 43.5 Å². The molecule has 0 unspecified atom stereocenters. The van der Waals surface area contributed by atoms with Crippen LogP contribution in [0.25, 0.3) is 0 Å². The number of aryl methyl sites for hydroxylation is 1. The third-order valence-electron chi connectivity index (χ3n) is 3.62. The smallest absolute Gasteiger partial charge is 0.315 e. The third kappa shape index (κ3) is 4.45. The van der Waals surface area contributed by atoms with E-state index < -0.39 is 6.10 Å². The highest BCUT2D eigenvalue weighted by atomic mass is 32.1. The Morgan fingerprint density at radius 1 is 1.50 bits per heavy atom. The van der Waals surface area contributed by atoms with Crippen LogP contribution in [0.1, 0.15) is 42.5 Å². The minimum Gasteiger partial charge on any atom is -0.391 e. The van der Waals surface area contributed by atoms with E-state index in [0.29, 0.717) is 6.54 Å². The van der Waals surface area contributed by atoms with E-state index in [1.807, 2.05) is 6.20 Å². The molecule has 0 radical (unpaired) electrons. The van der Waals surface area contributed by atoms with Gasteiger partial charge in [-0.3, -0.25) is 0 Å². The fourth-order valence-corrected chi connectivity index (χ4v) is 3.27. The lowest BCUT2D eigenvalue weighted by Crippen LogP contribution is -2.49. The number of aliphatic hydroxyl groups is 1. The lowest BCUT2D eigenvalue weighted by Gasteiger charge is -2.28. The Balaban J connectivity index is 1.67. The Kier molecular flexibility index (Phi) is 5.79. The molecule has 0 bridgehead atoms. The molecule has 1 aromatic rings. The van der Waals surface area contributed by atoms with Crippen LogP contribution >= 0.6 is 11.3 Å². The van der Waals surface area contributed by atoms with Crippen LogP contribution in [0.15, 0.2) is 6.20 Å². The van der Waals surface area contributed by atoms with Crippen molar-refractivity contribution in [2.24, 2.45) is 0 Å². The first-order valence-electron chi connectivity index (χ1n) is 7.35. The second-order valence-electron chi connectivity index (χ2n) is 5.18. The maximum Gasteiger partial charge on any atom is 0.315 e. The highest BCUT2D eigenvalue weighted by Crippen LogP contribution is 2.18. The molecule has 20 heavy (non-hydrogen) atoms. The van der Waals surface area contributed by atoms with Crippen LogP contribution in [0.4, 0.5) is 4.79 Å². The number of hydrogen-bond acceptors (Lipinski definition) is 4. The van der Waals surface area contributed by atoms with Gasteiger partial charge in [0.2, 0.25) is 0 Å². The van der Waals surface area contributed by atoms with Gasteiger partial charge in [-0.1, -0.05) is 19.8 Å². The van der Waals surface area contributed by atoms with Crippen LogP contribution in [-0.2, 0) is 12.8 Å². The Hall–Kier alpha value is -1.14. The summed E-state index contributed by atoms with van der Waals surface area (Å²) in [6.45, 7) is 2.68. The molecule has 0 saturated heterocycles. The van der Waals surface area contributed by atoms with Crippen molar-refractivity contribution in [1.82, 2.24) is 15.6 Å². The van der Waals surface area contributed by atoms with E-state index in [2.05, 4.69) is 22.5 Å². The summed E-state index contributed by atoms with van der Waals surface area (Å²) < 4.78 is 0. The van der Waals surface area contributed by atoms with Crippen molar-refractivity contribution in [3.8, 4) is 0 Å². The van der Waals surface area contributed by atoms with Crippen molar-refractivity contribution in [3.63, 3.8) is 0 Å². The summed E-state index contributed by atoms with van der Waals surface area (Å²) in [5.74, 6) is 0. The summed E-state index contributed by atoms with van der Waals surface area (Å²) in [5.41, 5.74) is 0. The molecule has 3 N–H and O–H groups in total. The van der Waals surface area contributed by atoms with Gasteiger partial charge in [0.25, 0.3) is 0 Å². The number of aliphatic hydroxyl groups excluding tert-OH is 1. The molecule has 0 spiro atoms. The molecule has 2 atom stereocenters. The predicted molar refractivity (Wildman–Crippen MR) is 80.0 cm³/mol. The van der Waals surface area contributed by atoms with Crippen molar-refractivity contribution in [3.05, 3.63) is 16.1 Å². The van der Waals surface area contributed by atoms with E-state index in [4.69, 9.17) is 0 Å². The SMILES string of the molecule is CCc1cnc(CCNC(=O)N[C@@H]2CCCC[C@H]2O)s1. The Bertz CT molecular complexity index is 436. The summed E-state index contributed by atoms with van der Waals surface area (Å²) >= 11 is 1.70. The van der Waals surface area contributed by atoms with Gasteiger partial charge < -0.3 is 15.7 Å². The van der Waals surface area contributed by atoms with E-state index in [1.54, 1.807) is 11.3 Å². The molecule has 1 heterocycles. The van der Waals surface area contributed by atoms with E-state index in [1.165, 1.54) is 4.88 Å². The molecular weight excluding hydrogens is 274 g/mol. The topological polar surface area (TPSA) is 74.2 Å². The van der Waals surface area contributed by atoms with Gasteiger partial charge in [-0.2, -0.15) is 0 Å². The Labute approximate surface area is 123 Å². The first-order chi connectivity index (χ1) is 9.69. The summed E-state index contributed by atoms with van der Waals surface area (Å²) in [4.78, 5) is 17.3. The van der Waals surface area contributed by atoms with Crippen molar-refractivity contribution in [2.45, 2.75) is 57.6 Å². The lowest BCUT2D eigenvalue weighted by atomic mass is 9.93. The molecule has 0 aromatic carbocycles. The third-order valence-corrected chi connectivity index (χ3v) is 4.82. The number of nitrogens with one attached hydrogen (secondary N) is 2. The average molecular weight is 297 g/mol. The molecular formula is C14H23N3O2S. The van der Waals surface area contributed by atoms with Gasteiger partial charge in [-0.15, -0.1) is 11.3 Å².